The summed E-state index contributed by atoms with van der Waals surface area (Å²) in [6, 6.07) is 7.06. The summed E-state index contributed by atoms with van der Waals surface area (Å²) in [7, 11) is -3.06. The van der Waals surface area contributed by atoms with E-state index in [1.54, 1.807) is 12.1 Å². The molecule has 0 bridgehead atoms. The molecule has 0 heterocycles. The molecule has 0 saturated heterocycles. The summed E-state index contributed by atoms with van der Waals surface area (Å²) in [5.74, 6) is 0. The van der Waals surface area contributed by atoms with Gasteiger partial charge in [-0.15, -0.1) is 0 Å². The van der Waals surface area contributed by atoms with Gasteiger partial charge in [-0.1, -0.05) is 19.1 Å². The SMILES string of the molecule is CCNCCc1ccc(S(C)(=O)=O)cc1. The lowest BCUT2D eigenvalue weighted by molar-refractivity contribution is 0.602. The van der Waals surface area contributed by atoms with E-state index in [2.05, 4.69) is 12.2 Å². The Kier molecular flexibility index (Phi) is 4.29. The summed E-state index contributed by atoms with van der Waals surface area (Å²) in [5.41, 5.74) is 1.16. The fourth-order valence-corrected chi connectivity index (χ4v) is 1.94. The summed E-state index contributed by atoms with van der Waals surface area (Å²) in [6.45, 7) is 3.95. The van der Waals surface area contributed by atoms with Crippen molar-refractivity contribution in [1.29, 1.82) is 0 Å². The van der Waals surface area contributed by atoms with Crippen LogP contribution >= 0.6 is 0 Å². The van der Waals surface area contributed by atoms with E-state index in [1.165, 1.54) is 6.26 Å². The first-order valence-corrected chi connectivity index (χ1v) is 6.93. The third kappa shape index (κ3) is 4.01. The minimum absolute atomic E-state index is 0.384. The highest BCUT2D eigenvalue weighted by Crippen LogP contribution is 2.10. The van der Waals surface area contributed by atoms with Gasteiger partial charge >= 0.3 is 0 Å². The van der Waals surface area contributed by atoms with Crippen LogP contribution in [0.3, 0.4) is 0 Å². The van der Waals surface area contributed by atoms with E-state index in [9.17, 15) is 8.42 Å². The quantitative estimate of drug-likeness (QED) is 0.770. The van der Waals surface area contributed by atoms with Crippen molar-refractivity contribution in [2.24, 2.45) is 0 Å². The third-order valence-corrected chi connectivity index (χ3v) is 3.32. The second-order valence-electron chi connectivity index (χ2n) is 3.52. The standard InChI is InChI=1S/C11H17NO2S/c1-3-12-9-8-10-4-6-11(7-5-10)15(2,13)14/h4-7,12H,3,8-9H2,1-2H3. The number of benzene rings is 1. The Hall–Kier alpha value is -0.870. The van der Waals surface area contributed by atoms with Crippen molar-refractivity contribution < 1.29 is 8.42 Å². The maximum atomic E-state index is 11.2. The molecule has 1 aromatic rings. The highest BCUT2D eigenvalue weighted by atomic mass is 32.2. The van der Waals surface area contributed by atoms with Crippen LogP contribution in [0, 0.1) is 0 Å². The zero-order valence-electron chi connectivity index (χ0n) is 9.16. The number of hydrogen-bond donors (Lipinski definition) is 1. The molecule has 0 saturated carbocycles. The molecule has 0 atom stereocenters. The number of rotatable bonds is 5. The molecule has 0 aliphatic rings. The normalized spacial score (nSPS) is 11.6. The van der Waals surface area contributed by atoms with Crippen LogP contribution in [0.25, 0.3) is 0 Å². The highest BCUT2D eigenvalue weighted by Gasteiger charge is 2.05. The molecule has 0 aliphatic carbocycles. The third-order valence-electron chi connectivity index (χ3n) is 2.19. The zero-order valence-corrected chi connectivity index (χ0v) is 9.97. The minimum atomic E-state index is -3.06. The second-order valence-corrected chi connectivity index (χ2v) is 5.54. The van der Waals surface area contributed by atoms with Crippen molar-refractivity contribution in [3.8, 4) is 0 Å². The Morgan fingerprint density at radius 2 is 1.80 bits per heavy atom. The highest BCUT2D eigenvalue weighted by molar-refractivity contribution is 7.90. The number of likely N-dealkylation sites (N-methyl/N-ethyl adjacent to an activating group) is 1. The van der Waals surface area contributed by atoms with Crippen molar-refractivity contribution in [2.45, 2.75) is 18.2 Å². The van der Waals surface area contributed by atoms with Crippen LogP contribution < -0.4 is 5.32 Å². The molecule has 1 aromatic carbocycles. The first-order chi connectivity index (χ1) is 7.04. The molecule has 3 nitrogen and oxygen atoms in total. The van der Waals surface area contributed by atoms with Crippen molar-refractivity contribution in [3.63, 3.8) is 0 Å². The van der Waals surface area contributed by atoms with E-state index in [0.29, 0.717) is 4.90 Å². The van der Waals surface area contributed by atoms with E-state index >= 15 is 0 Å². The molecule has 0 amide bonds. The van der Waals surface area contributed by atoms with Crippen LogP contribution in [0.5, 0.6) is 0 Å². The smallest absolute Gasteiger partial charge is 0.175 e. The fraction of sp³-hybridized carbons (Fsp3) is 0.455. The summed E-state index contributed by atoms with van der Waals surface area (Å²) >= 11 is 0. The molecule has 0 fully saturated rings. The zero-order chi connectivity index (χ0) is 11.3. The number of sulfone groups is 1. The van der Waals surface area contributed by atoms with Crippen LogP contribution in [-0.2, 0) is 16.3 Å². The predicted octanol–water partition coefficient (Wildman–Crippen LogP) is 1.24. The van der Waals surface area contributed by atoms with Crippen molar-refractivity contribution in [2.75, 3.05) is 19.3 Å². The van der Waals surface area contributed by atoms with Crippen molar-refractivity contribution in [3.05, 3.63) is 29.8 Å². The van der Waals surface area contributed by atoms with E-state index in [4.69, 9.17) is 0 Å². The average Bonchev–Trinajstić information content (AvgIpc) is 2.18. The van der Waals surface area contributed by atoms with Crippen LogP contribution in [0.15, 0.2) is 29.2 Å². The van der Waals surface area contributed by atoms with Crippen molar-refractivity contribution in [1.82, 2.24) is 5.32 Å². The summed E-state index contributed by atoms with van der Waals surface area (Å²) in [6.07, 6.45) is 2.15. The van der Waals surface area contributed by atoms with Gasteiger partial charge in [0.05, 0.1) is 4.90 Å². The topological polar surface area (TPSA) is 46.2 Å². The monoisotopic (exact) mass is 227 g/mol. The van der Waals surface area contributed by atoms with Gasteiger partial charge in [0.2, 0.25) is 0 Å². The van der Waals surface area contributed by atoms with Gasteiger partial charge in [0.25, 0.3) is 0 Å². The Bertz CT molecular complexity index is 395. The molecule has 1 rings (SSSR count). The summed E-state index contributed by atoms with van der Waals surface area (Å²) in [4.78, 5) is 0.384. The fourth-order valence-electron chi connectivity index (χ4n) is 1.31. The van der Waals surface area contributed by atoms with Gasteiger partial charge < -0.3 is 5.32 Å². The Balaban J connectivity index is 2.65. The second kappa shape index (κ2) is 5.28. The summed E-state index contributed by atoms with van der Waals surface area (Å²) < 4.78 is 22.4. The van der Waals surface area contributed by atoms with Crippen LogP contribution in [0.4, 0.5) is 0 Å². The van der Waals surface area contributed by atoms with Gasteiger partial charge in [-0.2, -0.15) is 0 Å². The van der Waals surface area contributed by atoms with Crippen LogP contribution in [0.1, 0.15) is 12.5 Å². The Morgan fingerprint density at radius 1 is 1.20 bits per heavy atom. The molecule has 4 heteroatoms. The first kappa shape index (κ1) is 12.2. The molecule has 0 spiro atoms. The minimum Gasteiger partial charge on any atom is -0.317 e. The molecule has 15 heavy (non-hydrogen) atoms. The maximum absolute atomic E-state index is 11.2. The predicted molar refractivity (Wildman–Crippen MR) is 61.8 cm³/mol. The maximum Gasteiger partial charge on any atom is 0.175 e. The Morgan fingerprint density at radius 3 is 2.27 bits per heavy atom. The lowest BCUT2D eigenvalue weighted by Crippen LogP contribution is -2.16. The van der Waals surface area contributed by atoms with Gasteiger partial charge in [0.15, 0.2) is 9.84 Å². The van der Waals surface area contributed by atoms with Crippen LogP contribution in [0.2, 0.25) is 0 Å². The summed E-state index contributed by atoms with van der Waals surface area (Å²) in [5, 5.41) is 3.22. The first-order valence-electron chi connectivity index (χ1n) is 5.03. The molecule has 1 N–H and O–H groups in total. The lowest BCUT2D eigenvalue weighted by atomic mass is 10.1. The van der Waals surface area contributed by atoms with Gasteiger partial charge in [0, 0.05) is 6.26 Å². The van der Waals surface area contributed by atoms with Gasteiger partial charge in [-0.3, -0.25) is 0 Å². The number of hydrogen-bond acceptors (Lipinski definition) is 3. The molecular weight excluding hydrogens is 210 g/mol. The van der Waals surface area contributed by atoms with E-state index in [-0.39, 0.29) is 0 Å². The van der Waals surface area contributed by atoms with Crippen molar-refractivity contribution >= 4 is 9.84 Å². The van der Waals surface area contributed by atoms with E-state index in [0.717, 1.165) is 25.1 Å². The van der Waals surface area contributed by atoms with Gasteiger partial charge in [-0.05, 0) is 37.2 Å². The van der Waals surface area contributed by atoms with E-state index in [1.807, 2.05) is 12.1 Å². The van der Waals surface area contributed by atoms with E-state index < -0.39 is 9.84 Å². The molecular formula is C11H17NO2S. The molecule has 0 unspecified atom stereocenters. The van der Waals surface area contributed by atoms with Gasteiger partial charge in [0.1, 0.15) is 0 Å². The molecule has 0 radical (unpaired) electrons. The lowest BCUT2D eigenvalue weighted by Gasteiger charge is -2.03. The molecule has 84 valence electrons. The largest absolute Gasteiger partial charge is 0.317 e. The molecule has 0 aromatic heterocycles. The van der Waals surface area contributed by atoms with Gasteiger partial charge in [-0.25, -0.2) is 8.42 Å². The number of nitrogens with one attached hydrogen (secondary N) is 1. The average molecular weight is 227 g/mol. The van der Waals surface area contributed by atoms with Crippen LogP contribution in [-0.4, -0.2) is 27.8 Å². The molecule has 0 aliphatic heterocycles. The Labute approximate surface area is 91.4 Å².